The Labute approximate surface area is 88.2 Å². The summed E-state index contributed by atoms with van der Waals surface area (Å²) in [5, 5.41) is 20.0. The molecule has 1 aliphatic carbocycles. The van der Waals surface area contributed by atoms with E-state index in [1.54, 1.807) is 0 Å². The Hall–Kier alpha value is -2.57. The highest BCUT2D eigenvalue weighted by molar-refractivity contribution is 6.51. The monoisotopic (exact) mass is 220 g/mol. The number of aromatic nitrogens is 1. The molecule has 0 fully saturated rings. The van der Waals surface area contributed by atoms with Crippen LogP contribution in [-0.2, 0) is 4.79 Å². The zero-order chi connectivity index (χ0) is 11.9. The number of nitro groups is 1. The van der Waals surface area contributed by atoms with Crippen LogP contribution in [0.4, 0.5) is 0 Å². The van der Waals surface area contributed by atoms with Gasteiger partial charge in [0, 0.05) is 6.20 Å². The van der Waals surface area contributed by atoms with Crippen LogP contribution in [0.25, 0.3) is 5.76 Å². The maximum absolute atomic E-state index is 11.4. The molecular formula is C9H4N2O5. The molecule has 0 unspecified atom stereocenters. The Morgan fingerprint density at radius 3 is 2.62 bits per heavy atom. The summed E-state index contributed by atoms with van der Waals surface area (Å²) in [5.74, 6) is -3.26. The smallest absolute Gasteiger partial charge is 0.362 e. The maximum Gasteiger partial charge on any atom is 0.362 e. The number of hydrogen-bond acceptors (Lipinski definition) is 6. The normalized spacial score (nSPS) is 15.0. The van der Waals surface area contributed by atoms with E-state index in [4.69, 9.17) is 0 Å². The van der Waals surface area contributed by atoms with Gasteiger partial charge in [0.15, 0.2) is 0 Å². The van der Waals surface area contributed by atoms with Gasteiger partial charge in [-0.3, -0.25) is 24.7 Å². The van der Waals surface area contributed by atoms with Crippen molar-refractivity contribution in [3.05, 3.63) is 45.4 Å². The molecule has 0 amide bonds. The molecule has 0 radical (unpaired) electrons. The molecule has 1 N–H and O–H groups in total. The van der Waals surface area contributed by atoms with Gasteiger partial charge < -0.3 is 5.11 Å². The molecule has 0 spiro atoms. The number of carbonyl (C=O) groups excluding carboxylic acids is 2. The number of aliphatic hydroxyl groups is 1. The lowest BCUT2D eigenvalue weighted by Crippen LogP contribution is -2.28. The molecule has 7 nitrogen and oxygen atoms in total. The van der Waals surface area contributed by atoms with Gasteiger partial charge in [-0.05, 0) is 12.1 Å². The molecule has 1 aromatic rings. The van der Waals surface area contributed by atoms with Crippen LogP contribution in [0.5, 0.6) is 0 Å². The number of pyridine rings is 1. The number of carbonyl (C=O) groups is 2. The van der Waals surface area contributed by atoms with Crippen molar-refractivity contribution in [2.45, 2.75) is 0 Å². The van der Waals surface area contributed by atoms with Gasteiger partial charge in [0.1, 0.15) is 5.69 Å². The van der Waals surface area contributed by atoms with E-state index in [-0.39, 0.29) is 11.3 Å². The number of nitrogens with zero attached hydrogens (tertiary/aromatic N) is 2. The molecule has 1 heterocycles. The first-order valence-electron chi connectivity index (χ1n) is 4.16. The second kappa shape index (κ2) is 3.23. The molecule has 0 saturated heterocycles. The number of ketones is 2. The van der Waals surface area contributed by atoms with Gasteiger partial charge in [-0.2, -0.15) is 0 Å². The highest BCUT2D eigenvalue weighted by Gasteiger charge is 2.41. The number of aliphatic hydroxyl groups excluding tert-OH is 1. The maximum atomic E-state index is 11.4. The van der Waals surface area contributed by atoms with Crippen LogP contribution in [-0.4, -0.2) is 26.6 Å². The van der Waals surface area contributed by atoms with E-state index in [1.807, 2.05) is 0 Å². The van der Waals surface area contributed by atoms with E-state index in [1.165, 1.54) is 18.3 Å². The fourth-order valence-electron chi connectivity index (χ4n) is 1.40. The number of fused-ring (bicyclic) bond motifs is 1. The summed E-state index contributed by atoms with van der Waals surface area (Å²) in [4.78, 5) is 35.8. The van der Waals surface area contributed by atoms with Gasteiger partial charge in [-0.1, -0.05) is 0 Å². The Morgan fingerprint density at radius 2 is 2.00 bits per heavy atom. The van der Waals surface area contributed by atoms with Gasteiger partial charge in [0.2, 0.25) is 5.76 Å². The second-order valence-corrected chi connectivity index (χ2v) is 3.01. The largest absolute Gasteiger partial charge is 0.502 e. The van der Waals surface area contributed by atoms with E-state index in [0.717, 1.165) is 0 Å². The summed E-state index contributed by atoms with van der Waals surface area (Å²) in [7, 11) is 0. The SMILES string of the molecule is O=C1C(=O)c2ncccc2C(O)=C1[N+](=O)[O-]. The van der Waals surface area contributed by atoms with Crippen LogP contribution in [0.1, 0.15) is 16.1 Å². The molecule has 0 aromatic carbocycles. The number of rotatable bonds is 1. The minimum atomic E-state index is -1.35. The molecule has 2 rings (SSSR count). The minimum Gasteiger partial charge on any atom is -0.502 e. The van der Waals surface area contributed by atoms with Crippen LogP contribution >= 0.6 is 0 Å². The third-order valence-corrected chi connectivity index (χ3v) is 2.11. The average molecular weight is 220 g/mol. The third-order valence-electron chi connectivity index (χ3n) is 2.11. The van der Waals surface area contributed by atoms with Crippen molar-refractivity contribution < 1.29 is 19.6 Å². The van der Waals surface area contributed by atoms with Crippen LogP contribution < -0.4 is 0 Å². The second-order valence-electron chi connectivity index (χ2n) is 3.01. The van der Waals surface area contributed by atoms with Crippen molar-refractivity contribution in [3.63, 3.8) is 0 Å². The minimum absolute atomic E-state index is 0.0983. The Morgan fingerprint density at radius 1 is 1.31 bits per heavy atom. The molecule has 16 heavy (non-hydrogen) atoms. The highest BCUT2D eigenvalue weighted by Crippen LogP contribution is 2.26. The number of allylic oxidation sites excluding steroid dienone is 1. The summed E-state index contributed by atoms with van der Waals surface area (Å²) in [6.07, 6.45) is 1.26. The lowest BCUT2D eigenvalue weighted by atomic mass is 9.96. The van der Waals surface area contributed by atoms with Gasteiger partial charge >= 0.3 is 11.5 Å². The molecule has 0 atom stereocenters. The number of hydrogen-bond donors (Lipinski definition) is 1. The summed E-state index contributed by atoms with van der Waals surface area (Å²) in [6.45, 7) is 0. The molecule has 1 aliphatic rings. The molecule has 80 valence electrons. The van der Waals surface area contributed by atoms with Crippen molar-refractivity contribution in [1.29, 1.82) is 0 Å². The lowest BCUT2D eigenvalue weighted by molar-refractivity contribution is -0.418. The fourth-order valence-corrected chi connectivity index (χ4v) is 1.40. The summed E-state index contributed by atoms with van der Waals surface area (Å²) in [5.41, 5.74) is -1.47. The summed E-state index contributed by atoms with van der Waals surface area (Å²) >= 11 is 0. The summed E-state index contributed by atoms with van der Waals surface area (Å²) < 4.78 is 0. The van der Waals surface area contributed by atoms with Gasteiger partial charge in [0.25, 0.3) is 5.78 Å². The van der Waals surface area contributed by atoms with Crippen LogP contribution in [0.3, 0.4) is 0 Å². The van der Waals surface area contributed by atoms with Crippen LogP contribution in [0, 0.1) is 10.1 Å². The van der Waals surface area contributed by atoms with Crippen molar-refractivity contribution in [2.24, 2.45) is 0 Å². The van der Waals surface area contributed by atoms with E-state index >= 15 is 0 Å². The standard InChI is InChI=1S/C9H4N2O5/c12-7-4-2-1-3-10-5(4)8(13)9(14)6(7)11(15)16/h1-3,12H. The van der Waals surface area contributed by atoms with E-state index in [0.29, 0.717) is 0 Å². The van der Waals surface area contributed by atoms with Crippen molar-refractivity contribution in [1.82, 2.24) is 4.98 Å². The first kappa shape index (κ1) is 9.97. The van der Waals surface area contributed by atoms with Gasteiger partial charge in [-0.25, -0.2) is 0 Å². The summed E-state index contributed by atoms with van der Waals surface area (Å²) in [6, 6.07) is 2.68. The topological polar surface area (TPSA) is 110 Å². The van der Waals surface area contributed by atoms with E-state index < -0.39 is 27.9 Å². The van der Waals surface area contributed by atoms with Crippen molar-refractivity contribution in [2.75, 3.05) is 0 Å². The van der Waals surface area contributed by atoms with Gasteiger partial charge in [0.05, 0.1) is 10.5 Å². The van der Waals surface area contributed by atoms with E-state index in [2.05, 4.69) is 4.98 Å². The van der Waals surface area contributed by atoms with Crippen molar-refractivity contribution in [3.8, 4) is 0 Å². The predicted octanol–water partition coefficient (Wildman–Crippen LogP) is 0.350. The van der Waals surface area contributed by atoms with E-state index in [9.17, 15) is 24.8 Å². The Balaban J connectivity index is 2.79. The lowest BCUT2D eigenvalue weighted by Gasteiger charge is -2.10. The quantitative estimate of drug-likeness (QED) is 0.415. The zero-order valence-corrected chi connectivity index (χ0v) is 7.71. The average Bonchev–Trinajstić information content (AvgIpc) is 2.26. The molecule has 0 saturated carbocycles. The van der Waals surface area contributed by atoms with Crippen LogP contribution in [0.15, 0.2) is 24.0 Å². The predicted molar refractivity (Wildman–Crippen MR) is 50.1 cm³/mol. The first-order valence-corrected chi connectivity index (χ1v) is 4.16. The number of Topliss-reactive ketones (excluding diaryl/α,β-unsaturated/α-hetero) is 2. The third kappa shape index (κ3) is 1.18. The molecule has 0 aliphatic heterocycles. The molecule has 0 bridgehead atoms. The van der Waals surface area contributed by atoms with Crippen molar-refractivity contribution >= 4 is 17.3 Å². The Kier molecular flexibility index (Phi) is 2.01. The highest BCUT2D eigenvalue weighted by atomic mass is 16.6. The fraction of sp³-hybridized carbons (Fsp3) is 0. The van der Waals surface area contributed by atoms with Gasteiger partial charge in [-0.15, -0.1) is 0 Å². The zero-order valence-electron chi connectivity index (χ0n) is 7.71. The molecule has 7 heteroatoms. The molecular weight excluding hydrogens is 216 g/mol. The molecule has 1 aromatic heterocycles. The Bertz CT molecular complexity index is 561. The van der Waals surface area contributed by atoms with Crippen LogP contribution in [0.2, 0.25) is 0 Å². The first-order chi connectivity index (χ1) is 7.54.